The van der Waals surface area contributed by atoms with Crippen molar-refractivity contribution in [3.8, 4) is 0 Å². The lowest BCUT2D eigenvalue weighted by atomic mass is 10.1. The second-order valence-corrected chi connectivity index (χ2v) is 4.59. The highest BCUT2D eigenvalue weighted by Crippen LogP contribution is 2.33. The first-order valence-electron chi connectivity index (χ1n) is 5.16. The van der Waals surface area contributed by atoms with Crippen molar-refractivity contribution in [3.63, 3.8) is 0 Å². The molecule has 0 spiro atoms. The summed E-state index contributed by atoms with van der Waals surface area (Å²) in [6.07, 6.45) is 1.60. The molecule has 0 saturated carbocycles. The van der Waals surface area contributed by atoms with Gasteiger partial charge in [-0.25, -0.2) is 0 Å². The Morgan fingerprint density at radius 2 is 1.94 bits per heavy atom. The minimum absolute atomic E-state index is 0.190. The van der Waals surface area contributed by atoms with Crippen LogP contribution in [0.5, 0.6) is 0 Å². The van der Waals surface area contributed by atoms with Gasteiger partial charge >= 0.3 is 0 Å². The summed E-state index contributed by atoms with van der Waals surface area (Å²) in [6.45, 7) is 2.20. The van der Waals surface area contributed by atoms with Gasteiger partial charge in [-0.1, -0.05) is 23.2 Å². The average molecular weight is 263 g/mol. The molecule has 0 bridgehead atoms. The number of nitrogen functional groups attached to an aromatic ring is 1. The molecule has 0 aliphatic rings. The quantitative estimate of drug-likeness (QED) is 0.715. The number of nitrogens with one attached hydrogen (secondary N) is 1. The van der Waals surface area contributed by atoms with Gasteiger partial charge in [0.15, 0.2) is 0 Å². The van der Waals surface area contributed by atoms with E-state index in [0.29, 0.717) is 21.4 Å². The SMILES string of the molecule is CC(CCCO)Nc1c(Cl)cc(N)cc1Cl. The van der Waals surface area contributed by atoms with E-state index in [1.165, 1.54) is 0 Å². The number of aliphatic hydroxyl groups excluding tert-OH is 1. The number of nitrogens with two attached hydrogens (primary N) is 1. The van der Waals surface area contributed by atoms with Gasteiger partial charge in [0.2, 0.25) is 0 Å². The predicted molar refractivity (Wildman–Crippen MR) is 70.3 cm³/mol. The zero-order valence-electron chi connectivity index (χ0n) is 9.13. The summed E-state index contributed by atoms with van der Waals surface area (Å²) in [7, 11) is 0. The molecule has 1 aromatic carbocycles. The molecule has 16 heavy (non-hydrogen) atoms. The van der Waals surface area contributed by atoms with Crippen LogP contribution in [0.4, 0.5) is 11.4 Å². The number of halogens is 2. The number of rotatable bonds is 5. The first kappa shape index (κ1) is 13.4. The molecule has 0 aliphatic carbocycles. The smallest absolute Gasteiger partial charge is 0.0722 e. The molecule has 0 saturated heterocycles. The van der Waals surface area contributed by atoms with Crippen molar-refractivity contribution in [3.05, 3.63) is 22.2 Å². The third kappa shape index (κ3) is 3.74. The third-order valence-electron chi connectivity index (χ3n) is 2.25. The third-order valence-corrected chi connectivity index (χ3v) is 2.85. The summed E-state index contributed by atoms with van der Waals surface area (Å²) >= 11 is 12.1. The molecule has 1 unspecified atom stereocenters. The summed E-state index contributed by atoms with van der Waals surface area (Å²) in [4.78, 5) is 0. The molecule has 90 valence electrons. The zero-order chi connectivity index (χ0) is 12.1. The molecular formula is C11H16Cl2N2O. The van der Waals surface area contributed by atoms with Gasteiger partial charge in [-0.05, 0) is 31.9 Å². The van der Waals surface area contributed by atoms with Crippen molar-refractivity contribution in [2.75, 3.05) is 17.7 Å². The molecule has 0 aromatic heterocycles. The second kappa shape index (κ2) is 6.18. The van der Waals surface area contributed by atoms with Crippen LogP contribution in [0.3, 0.4) is 0 Å². The van der Waals surface area contributed by atoms with Gasteiger partial charge in [-0.2, -0.15) is 0 Å². The van der Waals surface area contributed by atoms with Crippen LogP contribution in [0.25, 0.3) is 0 Å². The Bertz CT molecular complexity index is 335. The summed E-state index contributed by atoms with van der Waals surface area (Å²) in [5.41, 5.74) is 6.85. The maximum absolute atomic E-state index is 8.73. The molecule has 1 aromatic rings. The summed E-state index contributed by atoms with van der Waals surface area (Å²) in [5, 5.41) is 13.0. The molecule has 1 atom stereocenters. The fourth-order valence-electron chi connectivity index (χ4n) is 1.45. The zero-order valence-corrected chi connectivity index (χ0v) is 10.6. The van der Waals surface area contributed by atoms with E-state index in [0.717, 1.165) is 12.8 Å². The molecule has 0 fully saturated rings. The van der Waals surface area contributed by atoms with E-state index in [-0.39, 0.29) is 12.6 Å². The maximum Gasteiger partial charge on any atom is 0.0722 e. The Kier molecular flexibility index (Phi) is 5.19. The summed E-state index contributed by atoms with van der Waals surface area (Å²) in [5.74, 6) is 0. The number of hydrogen-bond acceptors (Lipinski definition) is 3. The molecule has 0 heterocycles. The fraction of sp³-hybridized carbons (Fsp3) is 0.455. The lowest BCUT2D eigenvalue weighted by Gasteiger charge is -2.17. The lowest BCUT2D eigenvalue weighted by Crippen LogP contribution is -2.16. The van der Waals surface area contributed by atoms with Crippen LogP contribution in [0.15, 0.2) is 12.1 Å². The molecule has 3 nitrogen and oxygen atoms in total. The highest BCUT2D eigenvalue weighted by atomic mass is 35.5. The highest BCUT2D eigenvalue weighted by Gasteiger charge is 2.10. The molecule has 4 N–H and O–H groups in total. The average Bonchev–Trinajstić information content (AvgIpc) is 2.20. The van der Waals surface area contributed by atoms with Gasteiger partial charge in [0.1, 0.15) is 0 Å². The van der Waals surface area contributed by atoms with Crippen molar-refractivity contribution < 1.29 is 5.11 Å². The van der Waals surface area contributed by atoms with Crippen LogP contribution in [0, 0.1) is 0 Å². The van der Waals surface area contributed by atoms with Crippen LogP contribution in [-0.4, -0.2) is 17.8 Å². The van der Waals surface area contributed by atoms with Crippen LogP contribution in [0.2, 0.25) is 10.0 Å². The van der Waals surface area contributed by atoms with E-state index in [2.05, 4.69) is 5.32 Å². The highest BCUT2D eigenvalue weighted by molar-refractivity contribution is 6.39. The molecule has 0 radical (unpaired) electrons. The first-order chi connectivity index (χ1) is 7.54. The van der Waals surface area contributed by atoms with E-state index < -0.39 is 0 Å². The van der Waals surface area contributed by atoms with Gasteiger partial charge < -0.3 is 16.2 Å². The van der Waals surface area contributed by atoms with E-state index in [9.17, 15) is 0 Å². The second-order valence-electron chi connectivity index (χ2n) is 3.77. The van der Waals surface area contributed by atoms with Gasteiger partial charge in [0.05, 0.1) is 15.7 Å². The van der Waals surface area contributed by atoms with Crippen LogP contribution in [0.1, 0.15) is 19.8 Å². The predicted octanol–water partition coefficient (Wildman–Crippen LogP) is 3.15. The van der Waals surface area contributed by atoms with Crippen molar-refractivity contribution in [2.45, 2.75) is 25.8 Å². The van der Waals surface area contributed by atoms with Crippen molar-refractivity contribution in [2.24, 2.45) is 0 Å². The Morgan fingerprint density at radius 3 is 2.44 bits per heavy atom. The van der Waals surface area contributed by atoms with E-state index in [4.69, 9.17) is 34.0 Å². The summed E-state index contributed by atoms with van der Waals surface area (Å²) in [6, 6.07) is 3.52. The standard InChI is InChI=1S/C11H16Cl2N2O/c1-7(3-2-4-16)15-11-9(12)5-8(14)6-10(11)13/h5-7,15-16H,2-4,14H2,1H3. The minimum atomic E-state index is 0.190. The monoisotopic (exact) mass is 262 g/mol. The molecular weight excluding hydrogens is 247 g/mol. The fourth-order valence-corrected chi connectivity index (χ4v) is 2.06. The van der Waals surface area contributed by atoms with Gasteiger partial charge in [-0.3, -0.25) is 0 Å². The largest absolute Gasteiger partial charge is 0.399 e. The number of anilines is 2. The van der Waals surface area contributed by atoms with Crippen LogP contribution in [-0.2, 0) is 0 Å². The Labute approximate surface area is 106 Å². The molecule has 0 aliphatic heterocycles. The molecule has 5 heteroatoms. The van der Waals surface area contributed by atoms with Crippen molar-refractivity contribution in [1.29, 1.82) is 0 Å². The van der Waals surface area contributed by atoms with E-state index >= 15 is 0 Å². The lowest BCUT2D eigenvalue weighted by molar-refractivity contribution is 0.282. The first-order valence-corrected chi connectivity index (χ1v) is 5.92. The summed E-state index contributed by atoms with van der Waals surface area (Å²) < 4.78 is 0. The van der Waals surface area contributed by atoms with E-state index in [1.54, 1.807) is 12.1 Å². The Balaban J connectivity index is 2.73. The number of hydrogen-bond donors (Lipinski definition) is 3. The van der Waals surface area contributed by atoms with Crippen molar-refractivity contribution >= 4 is 34.6 Å². The van der Waals surface area contributed by atoms with Gasteiger partial charge in [0, 0.05) is 18.3 Å². The minimum Gasteiger partial charge on any atom is -0.399 e. The maximum atomic E-state index is 8.73. The Morgan fingerprint density at radius 1 is 1.38 bits per heavy atom. The van der Waals surface area contributed by atoms with Crippen LogP contribution < -0.4 is 11.1 Å². The Hall–Kier alpha value is -0.640. The van der Waals surface area contributed by atoms with Crippen molar-refractivity contribution in [1.82, 2.24) is 0 Å². The van der Waals surface area contributed by atoms with E-state index in [1.807, 2.05) is 6.92 Å². The van der Waals surface area contributed by atoms with Gasteiger partial charge in [0.25, 0.3) is 0 Å². The number of aliphatic hydroxyl groups is 1. The normalized spacial score (nSPS) is 12.5. The topological polar surface area (TPSA) is 58.3 Å². The van der Waals surface area contributed by atoms with Gasteiger partial charge in [-0.15, -0.1) is 0 Å². The molecule has 0 amide bonds. The molecule has 1 rings (SSSR count). The van der Waals surface area contributed by atoms with Crippen LogP contribution >= 0.6 is 23.2 Å². The number of benzene rings is 1.